The molecule has 0 amide bonds. The number of rotatable bonds is 13. The van der Waals surface area contributed by atoms with E-state index in [0.29, 0.717) is 35.8 Å². The Labute approximate surface area is 222 Å². The molecule has 0 radical (unpaired) electrons. The number of thioether (sulfide) groups is 1. The molecule has 2 aromatic rings. The van der Waals surface area contributed by atoms with E-state index in [-0.39, 0.29) is 12.2 Å². The quantitative estimate of drug-likeness (QED) is 0.321. The number of ether oxygens (including phenoxy) is 2. The molecule has 0 aromatic heterocycles. The normalized spacial score (nSPS) is 18.2. The number of nitrogens with one attached hydrogen (secondary N) is 1. The Morgan fingerprint density at radius 3 is 2.59 bits per heavy atom. The lowest BCUT2D eigenvalue weighted by atomic mass is 9.85. The summed E-state index contributed by atoms with van der Waals surface area (Å²) in [4.78, 5) is 24.2. The highest BCUT2D eigenvalue weighted by atomic mass is 32.2. The Bertz CT molecular complexity index is 1220. The zero-order valence-corrected chi connectivity index (χ0v) is 22.9. The number of carbonyl (C=O) groups is 2. The zero-order valence-electron chi connectivity index (χ0n) is 21.2. The van der Waals surface area contributed by atoms with Crippen molar-refractivity contribution in [1.29, 1.82) is 0 Å². The van der Waals surface area contributed by atoms with Crippen LogP contribution in [0.5, 0.6) is 11.5 Å². The van der Waals surface area contributed by atoms with Crippen LogP contribution in [0.3, 0.4) is 0 Å². The maximum Gasteiger partial charge on any atom is 0.331 e. The lowest BCUT2D eigenvalue weighted by molar-refractivity contribution is -0.148. The van der Waals surface area contributed by atoms with E-state index in [2.05, 4.69) is 4.72 Å². The molecule has 0 spiro atoms. The molecule has 11 heteroatoms. The monoisotopic (exact) mass is 550 g/mol. The summed E-state index contributed by atoms with van der Waals surface area (Å²) in [6.07, 6.45) is 2.08. The van der Waals surface area contributed by atoms with Crippen LogP contribution < -0.4 is 19.9 Å². The molecule has 0 bridgehead atoms. The van der Waals surface area contributed by atoms with Gasteiger partial charge in [0.1, 0.15) is 23.7 Å². The minimum absolute atomic E-state index is 0.0999. The van der Waals surface area contributed by atoms with Crippen molar-refractivity contribution in [3.63, 3.8) is 0 Å². The molecule has 2 aromatic carbocycles. The fourth-order valence-electron chi connectivity index (χ4n) is 4.25. The molecular weight excluding hydrogens is 516 g/mol. The molecule has 2 unspecified atom stereocenters. The van der Waals surface area contributed by atoms with Gasteiger partial charge in [-0.2, -0.15) is 11.8 Å². The van der Waals surface area contributed by atoms with Gasteiger partial charge in [-0.25, -0.2) is 17.9 Å². The van der Waals surface area contributed by atoms with Gasteiger partial charge in [-0.05, 0) is 62.5 Å². The van der Waals surface area contributed by atoms with Crippen LogP contribution in [-0.4, -0.2) is 60.7 Å². The van der Waals surface area contributed by atoms with Crippen molar-refractivity contribution >= 4 is 33.5 Å². The SMILES string of the molecule is CSCCC(N)(C(=O)O)C(=O)CNS(=O)(=O)CC1CC(C)(C)Oc2ccc(OCc3ccccc3)cc21. The summed E-state index contributed by atoms with van der Waals surface area (Å²) < 4.78 is 40.3. The summed E-state index contributed by atoms with van der Waals surface area (Å²) in [5.74, 6) is -1.61. The number of ketones is 1. The average Bonchev–Trinajstić information content (AvgIpc) is 2.84. The van der Waals surface area contributed by atoms with Gasteiger partial charge in [-0.3, -0.25) is 4.79 Å². The number of Topliss-reactive ketones (excluding diaryl/α,β-unsaturated/α-hetero) is 1. The third-order valence-corrected chi connectivity index (χ3v) is 8.28. The minimum atomic E-state index is -3.96. The van der Waals surface area contributed by atoms with E-state index in [1.165, 1.54) is 11.8 Å². The highest BCUT2D eigenvalue weighted by molar-refractivity contribution is 7.98. The summed E-state index contributed by atoms with van der Waals surface area (Å²) in [7, 11) is -3.96. The highest BCUT2D eigenvalue weighted by Crippen LogP contribution is 2.43. The molecule has 3 rings (SSSR count). The van der Waals surface area contributed by atoms with E-state index in [1.807, 2.05) is 44.2 Å². The molecule has 0 aliphatic carbocycles. The van der Waals surface area contributed by atoms with Gasteiger partial charge in [0.2, 0.25) is 10.0 Å². The lowest BCUT2D eigenvalue weighted by Crippen LogP contribution is -2.58. The fourth-order valence-corrected chi connectivity index (χ4v) is 6.07. The fraction of sp³-hybridized carbons (Fsp3) is 0.462. The van der Waals surface area contributed by atoms with Gasteiger partial charge in [0, 0.05) is 11.5 Å². The van der Waals surface area contributed by atoms with Crippen LogP contribution in [0.4, 0.5) is 0 Å². The van der Waals surface area contributed by atoms with E-state index in [0.717, 1.165) is 5.56 Å². The molecule has 1 aliphatic rings. The van der Waals surface area contributed by atoms with Gasteiger partial charge in [-0.15, -0.1) is 0 Å². The van der Waals surface area contributed by atoms with Crippen LogP contribution in [0.1, 0.15) is 43.7 Å². The van der Waals surface area contributed by atoms with Crippen LogP contribution in [0.2, 0.25) is 0 Å². The molecule has 2 atom stereocenters. The largest absolute Gasteiger partial charge is 0.489 e. The van der Waals surface area contributed by atoms with Gasteiger partial charge >= 0.3 is 5.97 Å². The number of fused-ring (bicyclic) bond motifs is 1. The summed E-state index contributed by atoms with van der Waals surface area (Å²) in [5.41, 5.74) is 4.78. The summed E-state index contributed by atoms with van der Waals surface area (Å²) in [6.45, 7) is 3.43. The first-order valence-electron chi connectivity index (χ1n) is 11.9. The third-order valence-electron chi connectivity index (χ3n) is 6.25. The van der Waals surface area contributed by atoms with E-state index in [9.17, 15) is 23.1 Å². The van der Waals surface area contributed by atoms with Crippen LogP contribution in [0.15, 0.2) is 48.5 Å². The number of sulfonamides is 1. The Morgan fingerprint density at radius 1 is 1.24 bits per heavy atom. The topological polar surface area (TPSA) is 145 Å². The van der Waals surface area contributed by atoms with Gasteiger partial charge in [0.05, 0.1) is 12.3 Å². The van der Waals surface area contributed by atoms with Gasteiger partial charge in [-0.1, -0.05) is 30.3 Å². The summed E-state index contributed by atoms with van der Waals surface area (Å²) in [6, 6.07) is 15.0. The number of carboxylic acids is 1. The molecule has 0 saturated heterocycles. The number of nitrogens with two attached hydrogens (primary N) is 1. The zero-order chi connectivity index (χ0) is 27.3. The second-order valence-corrected chi connectivity index (χ2v) is 12.6. The van der Waals surface area contributed by atoms with Gasteiger partial charge < -0.3 is 20.3 Å². The summed E-state index contributed by atoms with van der Waals surface area (Å²) >= 11 is 1.35. The molecule has 1 heterocycles. The van der Waals surface area contributed by atoms with Crippen LogP contribution in [0.25, 0.3) is 0 Å². The maximum atomic E-state index is 13.0. The molecule has 37 heavy (non-hydrogen) atoms. The molecule has 1 aliphatic heterocycles. The number of carbonyl (C=O) groups excluding carboxylic acids is 1. The summed E-state index contributed by atoms with van der Waals surface area (Å²) in [5, 5.41) is 9.47. The Hall–Kier alpha value is -2.60. The molecule has 202 valence electrons. The van der Waals surface area contributed by atoms with Crippen molar-refractivity contribution in [3.8, 4) is 11.5 Å². The molecular formula is C26H34N2O7S2. The number of hydrogen-bond acceptors (Lipinski definition) is 8. The Kier molecular flexibility index (Phi) is 9.27. The molecule has 0 saturated carbocycles. The van der Waals surface area contributed by atoms with Crippen molar-refractivity contribution in [2.45, 2.75) is 50.4 Å². The second kappa shape index (κ2) is 11.8. The number of benzene rings is 2. The van der Waals surface area contributed by atoms with E-state index < -0.39 is 45.4 Å². The smallest absolute Gasteiger partial charge is 0.331 e. The van der Waals surface area contributed by atoms with E-state index in [4.69, 9.17) is 15.2 Å². The first kappa shape index (κ1) is 29.0. The average molecular weight is 551 g/mol. The first-order chi connectivity index (χ1) is 17.3. The Balaban J connectivity index is 1.74. The Morgan fingerprint density at radius 2 is 1.95 bits per heavy atom. The lowest BCUT2D eigenvalue weighted by Gasteiger charge is -2.37. The highest BCUT2D eigenvalue weighted by Gasteiger charge is 2.42. The van der Waals surface area contributed by atoms with Crippen LogP contribution >= 0.6 is 11.8 Å². The van der Waals surface area contributed by atoms with E-state index >= 15 is 0 Å². The van der Waals surface area contributed by atoms with Gasteiger partial charge in [0.25, 0.3) is 0 Å². The molecule has 9 nitrogen and oxygen atoms in total. The predicted octanol–water partition coefficient (Wildman–Crippen LogP) is 2.93. The van der Waals surface area contributed by atoms with Crippen molar-refractivity contribution in [1.82, 2.24) is 4.72 Å². The minimum Gasteiger partial charge on any atom is -0.489 e. The van der Waals surface area contributed by atoms with Crippen LogP contribution in [-0.2, 0) is 26.2 Å². The van der Waals surface area contributed by atoms with Crippen molar-refractivity contribution in [3.05, 3.63) is 59.7 Å². The first-order valence-corrected chi connectivity index (χ1v) is 14.9. The third kappa shape index (κ3) is 7.70. The standard InChI is InChI=1S/C26H34N2O7S2/c1-25(2)14-19(17-37(32,33)28-15-23(29)26(27,24(30)31)11-12-36-3)21-13-20(9-10-22(21)35-25)34-16-18-7-5-4-6-8-18/h4-10,13,19,28H,11-12,14-17,27H2,1-3H3,(H,30,31). The number of carboxylic acid groups (broad SMARTS) is 1. The van der Waals surface area contributed by atoms with Crippen molar-refractivity contribution in [2.24, 2.45) is 5.73 Å². The van der Waals surface area contributed by atoms with Crippen molar-refractivity contribution in [2.75, 3.05) is 24.3 Å². The second-order valence-electron chi connectivity index (χ2n) is 9.78. The van der Waals surface area contributed by atoms with Gasteiger partial charge in [0.15, 0.2) is 11.3 Å². The molecule has 4 N–H and O–H groups in total. The maximum absolute atomic E-state index is 13.0. The van der Waals surface area contributed by atoms with Crippen LogP contribution in [0, 0.1) is 0 Å². The number of aliphatic carboxylic acids is 1. The number of hydrogen-bond donors (Lipinski definition) is 3. The molecule has 0 fully saturated rings. The predicted molar refractivity (Wildman–Crippen MR) is 144 cm³/mol. The van der Waals surface area contributed by atoms with E-state index in [1.54, 1.807) is 24.5 Å². The van der Waals surface area contributed by atoms with Crippen molar-refractivity contribution < 1.29 is 32.6 Å².